The molecule has 1 heterocycles. The number of nitrogens with one attached hydrogen (secondary N) is 1. The fraction of sp³-hybridized carbons (Fsp3) is 0.300. The Morgan fingerprint density at radius 1 is 1.07 bits per heavy atom. The molecule has 1 fully saturated rings. The molecule has 1 N–H and O–H groups in total. The number of ether oxygens (including phenoxy) is 3. The monoisotopic (exact) mass is 388 g/mol. The van der Waals surface area contributed by atoms with Crippen molar-refractivity contribution in [2.24, 2.45) is 5.92 Å². The first-order chi connectivity index (χ1) is 13.5. The van der Waals surface area contributed by atoms with E-state index in [1.807, 2.05) is 0 Å². The maximum atomic E-state index is 13.1. The van der Waals surface area contributed by atoms with Crippen molar-refractivity contribution in [2.75, 3.05) is 38.1 Å². The van der Waals surface area contributed by atoms with Gasteiger partial charge in [-0.25, -0.2) is 4.39 Å². The minimum absolute atomic E-state index is 0.0770. The van der Waals surface area contributed by atoms with Crippen LogP contribution in [0.3, 0.4) is 0 Å². The molecule has 148 valence electrons. The van der Waals surface area contributed by atoms with Gasteiger partial charge in [-0.15, -0.1) is 0 Å². The first-order valence-corrected chi connectivity index (χ1v) is 8.63. The highest BCUT2D eigenvalue weighted by Gasteiger charge is 2.35. The van der Waals surface area contributed by atoms with Crippen LogP contribution >= 0.6 is 0 Å². The van der Waals surface area contributed by atoms with E-state index >= 15 is 0 Å². The van der Waals surface area contributed by atoms with E-state index < -0.39 is 5.92 Å². The maximum absolute atomic E-state index is 13.1. The predicted octanol–water partition coefficient (Wildman–Crippen LogP) is 2.84. The molecule has 1 unspecified atom stereocenters. The summed E-state index contributed by atoms with van der Waals surface area (Å²) in [4.78, 5) is 26.5. The van der Waals surface area contributed by atoms with Gasteiger partial charge in [0.2, 0.25) is 17.6 Å². The first kappa shape index (κ1) is 19.5. The summed E-state index contributed by atoms with van der Waals surface area (Å²) in [5, 5.41) is 2.79. The Hall–Kier alpha value is -3.29. The predicted molar refractivity (Wildman–Crippen MR) is 102 cm³/mol. The van der Waals surface area contributed by atoms with Crippen LogP contribution in [-0.4, -0.2) is 39.7 Å². The number of carbonyl (C=O) groups excluding carboxylic acids is 2. The largest absolute Gasteiger partial charge is 0.493 e. The SMILES string of the molecule is COc1cc(NC(=O)C2CC(=O)N(c3ccc(F)cc3)C2)cc(OC)c1OC. The third kappa shape index (κ3) is 3.85. The smallest absolute Gasteiger partial charge is 0.229 e. The number of methoxy groups -OCH3 is 3. The number of anilines is 2. The maximum Gasteiger partial charge on any atom is 0.229 e. The second-order valence-electron chi connectivity index (χ2n) is 6.29. The highest BCUT2D eigenvalue weighted by molar-refractivity contribution is 6.03. The van der Waals surface area contributed by atoms with Crippen molar-refractivity contribution in [2.45, 2.75) is 6.42 Å². The molecule has 2 aromatic rings. The fourth-order valence-corrected chi connectivity index (χ4v) is 3.15. The molecule has 1 aliphatic heterocycles. The average Bonchev–Trinajstić information content (AvgIpc) is 3.09. The van der Waals surface area contributed by atoms with Gasteiger partial charge in [-0.3, -0.25) is 9.59 Å². The summed E-state index contributed by atoms with van der Waals surface area (Å²) in [6.07, 6.45) is 0.0770. The zero-order chi connectivity index (χ0) is 20.3. The van der Waals surface area contributed by atoms with E-state index in [0.29, 0.717) is 28.6 Å². The normalized spacial score (nSPS) is 16.1. The van der Waals surface area contributed by atoms with Crippen LogP contribution in [0.4, 0.5) is 15.8 Å². The Morgan fingerprint density at radius 2 is 1.68 bits per heavy atom. The summed E-state index contributed by atoms with van der Waals surface area (Å²) in [6, 6.07) is 8.85. The number of amides is 2. The van der Waals surface area contributed by atoms with Crippen LogP contribution in [0.5, 0.6) is 17.2 Å². The van der Waals surface area contributed by atoms with E-state index in [4.69, 9.17) is 14.2 Å². The van der Waals surface area contributed by atoms with Crippen molar-refractivity contribution >= 4 is 23.2 Å². The van der Waals surface area contributed by atoms with Crippen molar-refractivity contribution in [3.8, 4) is 17.2 Å². The number of rotatable bonds is 6. The van der Waals surface area contributed by atoms with Gasteiger partial charge in [-0.1, -0.05) is 0 Å². The molecule has 0 saturated carbocycles. The molecular formula is C20H21FN2O5. The van der Waals surface area contributed by atoms with E-state index in [9.17, 15) is 14.0 Å². The Balaban J connectivity index is 1.75. The van der Waals surface area contributed by atoms with Crippen molar-refractivity contribution in [1.82, 2.24) is 0 Å². The van der Waals surface area contributed by atoms with E-state index in [2.05, 4.69) is 5.32 Å². The number of hydrogen-bond donors (Lipinski definition) is 1. The third-order valence-electron chi connectivity index (χ3n) is 4.57. The lowest BCUT2D eigenvalue weighted by molar-refractivity contribution is -0.122. The van der Waals surface area contributed by atoms with E-state index in [0.717, 1.165) is 0 Å². The molecule has 1 atom stereocenters. The molecule has 2 aromatic carbocycles. The van der Waals surface area contributed by atoms with Crippen molar-refractivity contribution < 1.29 is 28.2 Å². The molecule has 7 nitrogen and oxygen atoms in total. The zero-order valence-corrected chi connectivity index (χ0v) is 15.8. The van der Waals surface area contributed by atoms with E-state index in [1.165, 1.54) is 50.5 Å². The Labute approximate surface area is 162 Å². The second-order valence-corrected chi connectivity index (χ2v) is 6.29. The van der Waals surface area contributed by atoms with Crippen LogP contribution in [0.2, 0.25) is 0 Å². The van der Waals surface area contributed by atoms with Gasteiger partial charge in [0.15, 0.2) is 11.5 Å². The quantitative estimate of drug-likeness (QED) is 0.824. The van der Waals surface area contributed by atoms with Gasteiger partial charge < -0.3 is 24.4 Å². The van der Waals surface area contributed by atoms with Gasteiger partial charge in [-0.05, 0) is 24.3 Å². The van der Waals surface area contributed by atoms with Crippen LogP contribution in [0.25, 0.3) is 0 Å². The molecule has 0 spiro atoms. The van der Waals surface area contributed by atoms with Gasteiger partial charge in [0.05, 0.1) is 27.2 Å². The second kappa shape index (κ2) is 8.16. The summed E-state index contributed by atoms with van der Waals surface area (Å²) in [7, 11) is 4.46. The molecule has 0 aromatic heterocycles. The minimum atomic E-state index is -0.531. The number of halogens is 1. The Morgan fingerprint density at radius 3 is 2.21 bits per heavy atom. The minimum Gasteiger partial charge on any atom is -0.493 e. The summed E-state index contributed by atoms with van der Waals surface area (Å²) in [6.45, 7) is 0.223. The van der Waals surface area contributed by atoms with Crippen molar-refractivity contribution in [3.05, 3.63) is 42.2 Å². The average molecular weight is 388 g/mol. The molecule has 2 amide bonds. The molecule has 0 radical (unpaired) electrons. The number of hydrogen-bond acceptors (Lipinski definition) is 5. The summed E-state index contributed by atoms with van der Waals surface area (Å²) in [5.41, 5.74) is 1.03. The molecule has 0 bridgehead atoms. The Bertz CT molecular complexity index is 860. The first-order valence-electron chi connectivity index (χ1n) is 8.63. The number of carbonyl (C=O) groups is 2. The van der Waals surface area contributed by atoms with Gasteiger partial charge in [0, 0.05) is 36.5 Å². The van der Waals surface area contributed by atoms with Crippen LogP contribution in [0.15, 0.2) is 36.4 Å². The van der Waals surface area contributed by atoms with Crippen LogP contribution < -0.4 is 24.4 Å². The zero-order valence-electron chi connectivity index (χ0n) is 15.8. The van der Waals surface area contributed by atoms with Gasteiger partial charge >= 0.3 is 0 Å². The fourth-order valence-electron chi connectivity index (χ4n) is 3.15. The lowest BCUT2D eigenvalue weighted by Gasteiger charge is -2.17. The van der Waals surface area contributed by atoms with Crippen LogP contribution in [0, 0.1) is 11.7 Å². The topological polar surface area (TPSA) is 77.1 Å². The van der Waals surface area contributed by atoms with Gasteiger partial charge in [-0.2, -0.15) is 0 Å². The van der Waals surface area contributed by atoms with Crippen molar-refractivity contribution in [3.63, 3.8) is 0 Å². The molecule has 3 rings (SSSR count). The molecule has 28 heavy (non-hydrogen) atoms. The highest BCUT2D eigenvalue weighted by atomic mass is 19.1. The van der Waals surface area contributed by atoms with Gasteiger partial charge in [0.25, 0.3) is 0 Å². The molecule has 0 aliphatic carbocycles. The van der Waals surface area contributed by atoms with Crippen molar-refractivity contribution in [1.29, 1.82) is 0 Å². The van der Waals surface area contributed by atoms with Crippen LogP contribution in [0.1, 0.15) is 6.42 Å². The highest BCUT2D eigenvalue weighted by Crippen LogP contribution is 2.40. The summed E-state index contributed by atoms with van der Waals surface area (Å²) < 4.78 is 28.9. The van der Waals surface area contributed by atoms with E-state index in [1.54, 1.807) is 12.1 Å². The molecule has 8 heteroatoms. The molecule has 1 saturated heterocycles. The molecular weight excluding hydrogens is 367 g/mol. The molecule has 1 aliphatic rings. The van der Waals surface area contributed by atoms with E-state index in [-0.39, 0.29) is 30.6 Å². The van der Waals surface area contributed by atoms with Crippen LogP contribution in [-0.2, 0) is 9.59 Å². The third-order valence-corrected chi connectivity index (χ3v) is 4.57. The lowest BCUT2D eigenvalue weighted by atomic mass is 10.1. The lowest BCUT2D eigenvalue weighted by Crippen LogP contribution is -2.28. The number of nitrogens with zero attached hydrogens (tertiary/aromatic N) is 1. The standard InChI is InChI=1S/C20H21FN2O5/c1-26-16-9-14(10-17(27-2)19(16)28-3)22-20(25)12-8-18(24)23(11-12)15-6-4-13(21)5-7-15/h4-7,9-10,12H,8,11H2,1-3H3,(H,22,25). The number of benzene rings is 2. The summed E-state index contributed by atoms with van der Waals surface area (Å²) >= 11 is 0. The summed E-state index contributed by atoms with van der Waals surface area (Å²) in [5.74, 6) is -0.158. The Kier molecular flexibility index (Phi) is 5.67. The van der Waals surface area contributed by atoms with Gasteiger partial charge in [0.1, 0.15) is 5.82 Å².